The number of nitrogens with one attached hydrogen (secondary N) is 2. The van der Waals surface area contributed by atoms with Crippen molar-refractivity contribution in [3.8, 4) is 5.75 Å². The van der Waals surface area contributed by atoms with Gasteiger partial charge >= 0.3 is 0 Å². The van der Waals surface area contributed by atoms with Gasteiger partial charge in [0.25, 0.3) is 11.6 Å². The van der Waals surface area contributed by atoms with Crippen molar-refractivity contribution >= 4 is 34.3 Å². The first kappa shape index (κ1) is 22.1. The molecule has 0 unspecified atom stereocenters. The summed E-state index contributed by atoms with van der Waals surface area (Å²) in [6.45, 7) is 4.29. The minimum absolute atomic E-state index is 0.0144. The lowest BCUT2D eigenvalue weighted by atomic mass is 9.94. The summed E-state index contributed by atoms with van der Waals surface area (Å²) in [5.74, 6) is 1.04. The van der Waals surface area contributed by atoms with Crippen LogP contribution in [0.4, 0.5) is 17.3 Å². The van der Waals surface area contributed by atoms with Crippen LogP contribution in [0.3, 0.4) is 0 Å². The maximum Gasteiger partial charge on any atom is 0.269 e. The number of nitro benzene ring substituents is 1. The van der Waals surface area contributed by atoms with Crippen molar-refractivity contribution in [1.29, 1.82) is 0 Å². The Kier molecular flexibility index (Phi) is 5.66. The molecule has 9 heteroatoms. The van der Waals surface area contributed by atoms with Gasteiger partial charge in [0.05, 0.1) is 34.2 Å². The molecule has 0 aliphatic carbocycles. The van der Waals surface area contributed by atoms with Crippen LogP contribution >= 0.6 is 0 Å². The number of carbonyl (C=O) groups excluding carboxylic acids is 1. The van der Waals surface area contributed by atoms with E-state index in [2.05, 4.69) is 10.6 Å². The highest BCUT2D eigenvalue weighted by Gasteiger charge is 2.34. The summed E-state index contributed by atoms with van der Waals surface area (Å²) in [6, 6.07) is 20.6. The van der Waals surface area contributed by atoms with Gasteiger partial charge in [0, 0.05) is 23.5 Å². The third-order valence-electron chi connectivity index (χ3n) is 5.92. The lowest BCUT2D eigenvalue weighted by Crippen LogP contribution is -2.30. The number of carbonyl (C=O) groups is 1. The molecule has 0 fully saturated rings. The minimum Gasteiger partial charge on any atom is -0.494 e. The van der Waals surface area contributed by atoms with Gasteiger partial charge in [-0.3, -0.25) is 19.5 Å². The van der Waals surface area contributed by atoms with E-state index in [9.17, 15) is 14.9 Å². The fourth-order valence-corrected chi connectivity index (χ4v) is 4.35. The Labute approximate surface area is 201 Å². The van der Waals surface area contributed by atoms with E-state index in [-0.39, 0.29) is 11.6 Å². The summed E-state index contributed by atoms with van der Waals surface area (Å²) in [5, 5.41) is 17.5. The molecule has 5 rings (SSSR count). The second-order valence-corrected chi connectivity index (χ2v) is 8.12. The van der Waals surface area contributed by atoms with Gasteiger partial charge in [-0.25, -0.2) is 4.98 Å². The van der Waals surface area contributed by atoms with Crippen molar-refractivity contribution in [2.75, 3.05) is 17.2 Å². The molecular formula is C26H23N5O4. The summed E-state index contributed by atoms with van der Waals surface area (Å²) in [7, 11) is 0. The standard InChI is InChI=1S/C26H23N5O4/c1-3-35-20-14-10-18(11-15-20)28-25(32)23-16(2)27-26-29-21-6-4-5-7-22(21)30(26)24(23)17-8-12-19(13-9-17)31(33)34/h4-15,24H,3H2,1-2H3,(H,27,29)(H,28,32)/t24-/m1/s1. The molecule has 1 atom stereocenters. The molecule has 1 aliphatic rings. The zero-order valence-corrected chi connectivity index (χ0v) is 19.2. The predicted octanol–water partition coefficient (Wildman–Crippen LogP) is 5.27. The van der Waals surface area contributed by atoms with E-state index in [4.69, 9.17) is 9.72 Å². The molecule has 176 valence electrons. The van der Waals surface area contributed by atoms with E-state index >= 15 is 0 Å². The number of non-ortho nitro benzene ring substituents is 1. The molecule has 0 saturated carbocycles. The van der Waals surface area contributed by atoms with Gasteiger partial charge in [0.2, 0.25) is 5.95 Å². The first-order valence-corrected chi connectivity index (χ1v) is 11.2. The highest BCUT2D eigenvalue weighted by atomic mass is 16.6. The van der Waals surface area contributed by atoms with Crippen LogP contribution in [0.1, 0.15) is 25.5 Å². The molecule has 1 aromatic heterocycles. The third kappa shape index (κ3) is 4.08. The molecule has 3 aromatic carbocycles. The van der Waals surface area contributed by atoms with Crippen molar-refractivity contribution in [1.82, 2.24) is 9.55 Å². The topological polar surface area (TPSA) is 111 Å². The first-order valence-electron chi connectivity index (χ1n) is 11.2. The number of hydrogen-bond donors (Lipinski definition) is 2. The maximum atomic E-state index is 13.6. The second-order valence-electron chi connectivity index (χ2n) is 8.12. The summed E-state index contributed by atoms with van der Waals surface area (Å²) in [4.78, 5) is 29.1. The summed E-state index contributed by atoms with van der Waals surface area (Å²) in [5.41, 5.74) is 4.11. The monoisotopic (exact) mass is 469 g/mol. The van der Waals surface area contributed by atoms with Gasteiger partial charge in [0.1, 0.15) is 5.75 Å². The molecule has 4 aromatic rings. The number of allylic oxidation sites excluding steroid dienone is 1. The number of benzene rings is 3. The zero-order chi connectivity index (χ0) is 24.5. The van der Waals surface area contributed by atoms with Gasteiger partial charge in [-0.05, 0) is 67.9 Å². The Balaban J connectivity index is 1.58. The fraction of sp³-hybridized carbons (Fsp3) is 0.154. The highest BCUT2D eigenvalue weighted by Crippen LogP contribution is 2.40. The molecule has 1 aliphatic heterocycles. The van der Waals surface area contributed by atoms with Crippen LogP contribution in [0.5, 0.6) is 5.75 Å². The molecule has 9 nitrogen and oxygen atoms in total. The van der Waals surface area contributed by atoms with Crippen LogP contribution in [0.2, 0.25) is 0 Å². The number of hydrogen-bond acceptors (Lipinski definition) is 6. The number of nitrogens with zero attached hydrogens (tertiary/aromatic N) is 3. The fourth-order valence-electron chi connectivity index (χ4n) is 4.35. The average molecular weight is 470 g/mol. The summed E-state index contributed by atoms with van der Waals surface area (Å²) in [6.07, 6.45) is 0. The van der Waals surface area contributed by atoms with Crippen LogP contribution in [-0.2, 0) is 4.79 Å². The van der Waals surface area contributed by atoms with Crippen LogP contribution in [-0.4, -0.2) is 27.0 Å². The van der Waals surface area contributed by atoms with Crippen molar-refractivity contribution in [3.05, 3.63) is 99.7 Å². The normalized spacial score (nSPS) is 14.9. The first-order chi connectivity index (χ1) is 17.0. The SMILES string of the molecule is CCOc1ccc(NC(=O)C2=C(C)Nc3nc4ccccc4n3[C@@H]2c2ccc([N+](=O)[O-])cc2)cc1. The average Bonchev–Trinajstić information content (AvgIpc) is 3.22. The highest BCUT2D eigenvalue weighted by molar-refractivity contribution is 6.06. The molecule has 0 bridgehead atoms. The molecule has 0 spiro atoms. The van der Waals surface area contributed by atoms with Crippen LogP contribution in [0.15, 0.2) is 84.1 Å². The Morgan fingerprint density at radius 3 is 2.51 bits per heavy atom. The number of rotatable bonds is 6. The second kappa shape index (κ2) is 8.94. The molecule has 2 heterocycles. The maximum absolute atomic E-state index is 13.6. The number of para-hydroxylation sites is 2. The van der Waals surface area contributed by atoms with Crippen molar-refractivity contribution in [2.45, 2.75) is 19.9 Å². The van der Waals surface area contributed by atoms with E-state index < -0.39 is 11.0 Å². The van der Waals surface area contributed by atoms with Gasteiger partial charge in [-0.1, -0.05) is 12.1 Å². The Hall–Kier alpha value is -4.66. The predicted molar refractivity (Wildman–Crippen MR) is 134 cm³/mol. The number of anilines is 2. The molecule has 2 N–H and O–H groups in total. The van der Waals surface area contributed by atoms with E-state index in [1.165, 1.54) is 12.1 Å². The number of nitro groups is 1. The zero-order valence-electron chi connectivity index (χ0n) is 19.2. The van der Waals surface area contributed by atoms with Crippen molar-refractivity contribution in [3.63, 3.8) is 0 Å². The smallest absolute Gasteiger partial charge is 0.269 e. The largest absolute Gasteiger partial charge is 0.494 e. The Bertz CT molecular complexity index is 1460. The number of imidazole rings is 1. The van der Waals surface area contributed by atoms with Gasteiger partial charge in [0.15, 0.2) is 0 Å². The van der Waals surface area contributed by atoms with Crippen LogP contribution < -0.4 is 15.4 Å². The van der Waals surface area contributed by atoms with E-state index in [0.29, 0.717) is 29.5 Å². The van der Waals surface area contributed by atoms with Crippen molar-refractivity contribution < 1.29 is 14.5 Å². The molecule has 1 amide bonds. The van der Waals surface area contributed by atoms with E-state index in [1.54, 1.807) is 36.4 Å². The molecule has 0 radical (unpaired) electrons. The minimum atomic E-state index is -0.540. The van der Waals surface area contributed by atoms with Crippen LogP contribution in [0.25, 0.3) is 11.0 Å². The van der Waals surface area contributed by atoms with E-state index in [1.807, 2.05) is 42.7 Å². The lowest BCUT2D eigenvalue weighted by Gasteiger charge is -2.30. The number of fused-ring (bicyclic) bond motifs is 3. The molecule has 0 saturated heterocycles. The Morgan fingerprint density at radius 2 is 1.83 bits per heavy atom. The molecule has 35 heavy (non-hydrogen) atoms. The lowest BCUT2D eigenvalue weighted by molar-refractivity contribution is -0.384. The van der Waals surface area contributed by atoms with Gasteiger partial charge in [-0.15, -0.1) is 0 Å². The third-order valence-corrected chi connectivity index (χ3v) is 5.92. The van der Waals surface area contributed by atoms with Crippen molar-refractivity contribution in [2.24, 2.45) is 0 Å². The van der Waals surface area contributed by atoms with Crippen LogP contribution in [0, 0.1) is 10.1 Å². The van der Waals surface area contributed by atoms with Gasteiger partial charge in [-0.2, -0.15) is 0 Å². The summed E-state index contributed by atoms with van der Waals surface area (Å²) >= 11 is 0. The summed E-state index contributed by atoms with van der Waals surface area (Å²) < 4.78 is 7.44. The number of amides is 1. The Morgan fingerprint density at radius 1 is 1.11 bits per heavy atom. The molecular weight excluding hydrogens is 446 g/mol. The van der Waals surface area contributed by atoms with Gasteiger partial charge < -0.3 is 15.4 Å². The van der Waals surface area contributed by atoms with E-state index in [0.717, 1.165) is 22.3 Å². The number of ether oxygens (including phenoxy) is 1. The quantitative estimate of drug-likeness (QED) is 0.294. The number of aromatic nitrogens is 2.